The van der Waals surface area contributed by atoms with Crippen LogP contribution < -0.4 is 0 Å². The minimum absolute atomic E-state index is 0.0859. The fourth-order valence-corrected chi connectivity index (χ4v) is 5.18. The van der Waals surface area contributed by atoms with Crippen molar-refractivity contribution in [3.63, 3.8) is 0 Å². The summed E-state index contributed by atoms with van der Waals surface area (Å²) in [6.45, 7) is 0.951. The van der Waals surface area contributed by atoms with Crippen LogP contribution in [0.3, 0.4) is 0 Å². The first-order valence-electron chi connectivity index (χ1n) is 7.55. The Hall–Kier alpha value is -1.67. The van der Waals surface area contributed by atoms with Gasteiger partial charge in [0.1, 0.15) is 4.90 Å². The zero-order valence-electron chi connectivity index (χ0n) is 13.1. The fourth-order valence-electron chi connectivity index (χ4n) is 2.67. The topological polar surface area (TPSA) is 70.6 Å². The van der Waals surface area contributed by atoms with Crippen molar-refractivity contribution in [1.29, 1.82) is 0 Å². The van der Waals surface area contributed by atoms with Gasteiger partial charge in [0.25, 0.3) is 5.91 Å². The fraction of sp³-hybridized carbons (Fsp3) is 0.250. The Bertz CT molecular complexity index is 863. The Labute approximate surface area is 156 Å². The molecular weight excluding hydrogens is 385 g/mol. The number of benzene rings is 1. The van der Waals surface area contributed by atoms with E-state index in [1.165, 1.54) is 16.4 Å². The lowest BCUT2D eigenvalue weighted by atomic mass is 10.2. The quantitative estimate of drug-likeness (QED) is 0.794. The van der Waals surface area contributed by atoms with Crippen LogP contribution in [-0.4, -0.2) is 54.7 Å². The molecule has 1 fully saturated rings. The molecule has 25 heavy (non-hydrogen) atoms. The molecule has 0 bridgehead atoms. The van der Waals surface area contributed by atoms with Crippen molar-refractivity contribution in [2.45, 2.75) is 4.90 Å². The van der Waals surface area contributed by atoms with Gasteiger partial charge in [-0.2, -0.15) is 4.31 Å². The van der Waals surface area contributed by atoms with Gasteiger partial charge in [-0.05, 0) is 24.3 Å². The molecule has 1 amide bonds. The van der Waals surface area contributed by atoms with E-state index in [1.54, 1.807) is 35.5 Å². The highest BCUT2D eigenvalue weighted by atomic mass is 35.5. The van der Waals surface area contributed by atoms with Gasteiger partial charge >= 0.3 is 0 Å². The number of piperazine rings is 1. The van der Waals surface area contributed by atoms with E-state index in [1.807, 2.05) is 0 Å². The van der Waals surface area contributed by atoms with E-state index in [0.29, 0.717) is 18.7 Å². The van der Waals surface area contributed by atoms with Crippen molar-refractivity contribution in [1.82, 2.24) is 14.2 Å². The first-order chi connectivity index (χ1) is 11.9. The third-order valence-corrected chi connectivity index (χ3v) is 6.82. The van der Waals surface area contributed by atoms with Crippen LogP contribution in [-0.2, 0) is 10.0 Å². The molecule has 2 heterocycles. The molecule has 2 aromatic rings. The van der Waals surface area contributed by atoms with Gasteiger partial charge in [-0.3, -0.25) is 9.78 Å². The van der Waals surface area contributed by atoms with Crippen LogP contribution in [0.2, 0.25) is 10.0 Å². The van der Waals surface area contributed by atoms with Crippen LogP contribution in [0.5, 0.6) is 0 Å². The van der Waals surface area contributed by atoms with Crippen LogP contribution in [0, 0.1) is 0 Å². The van der Waals surface area contributed by atoms with E-state index in [9.17, 15) is 13.2 Å². The maximum atomic E-state index is 12.8. The van der Waals surface area contributed by atoms with Crippen molar-refractivity contribution in [3.8, 4) is 0 Å². The van der Waals surface area contributed by atoms with Crippen molar-refractivity contribution < 1.29 is 13.2 Å². The monoisotopic (exact) mass is 399 g/mol. The molecule has 1 aliphatic rings. The maximum Gasteiger partial charge on any atom is 0.254 e. The molecule has 0 radical (unpaired) electrons. The number of pyridine rings is 1. The molecule has 0 N–H and O–H groups in total. The van der Waals surface area contributed by atoms with Crippen LogP contribution in [0.4, 0.5) is 0 Å². The van der Waals surface area contributed by atoms with Gasteiger partial charge < -0.3 is 4.90 Å². The lowest BCUT2D eigenvalue weighted by Gasteiger charge is -2.34. The second-order valence-corrected chi connectivity index (χ2v) is 8.17. The Balaban J connectivity index is 1.75. The van der Waals surface area contributed by atoms with E-state index in [0.717, 1.165) is 0 Å². The van der Waals surface area contributed by atoms with E-state index >= 15 is 0 Å². The highest BCUT2D eigenvalue weighted by molar-refractivity contribution is 7.89. The number of hydrogen-bond acceptors (Lipinski definition) is 4. The lowest BCUT2D eigenvalue weighted by molar-refractivity contribution is 0.0698. The van der Waals surface area contributed by atoms with Gasteiger partial charge in [0, 0.05) is 44.1 Å². The summed E-state index contributed by atoms with van der Waals surface area (Å²) >= 11 is 12.1. The second kappa shape index (κ2) is 7.29. The minimum Gasteiger partial charge on any atom is -0.336 e. The van der Waals surface area contributed by atoms with Gasteiger partial charge in [-0.25, -0.2) is 8.42 Å². The number of halogens is 2. The molecule has 0 aliphatic carbocycles. The molecule has 0 unspecified atom stereocenters. The average Bonchev–Trinajstić information content (AvgIpc) is 2.61. The first kappa shape index (κ1) is 18.1. The summed E-state index contributed by atoms with van der Waals surface area (Å²) in [6, 6.07) is 7.84. The molecule has 1 saturated heterocycles. The molecule has 3 rings (SSSR count). The lowest BCUT2D eigenvalue weighted by Crippen LogP contribution is -2.50. The highest BCUT2D eigenvalue weighted by Crippen LogP contribution is 2.31. The summed E-state index contributed by atoms with van der Waals surface area (Å²) in [7, 11) is -3.82. The molecule has 0 saturated carbocycles. The van der Waals surface area contributed by atoms with Crippen molar-refractivity contribution in [2.75, 3.05) is 26.2 Å². The van der Waals surface area contributed by atoms with Gasteiger partial charge in [-0.15, -0.1) is 0 Å². The predicted octanol–water partition coefficient (Wildman–Crippen LogP) is 2.54. The van der Waals surface area contributed by atoms with E-state index in [-0.39, 0.29) is 33.9 Å². The molecule has 132 valence electrons. The number of aromatic nitrogens is 1. The standard InChI is InChI=1S/C16H15Cl2N3O3S/c17-13-2-1-3-14(18)15(13)25(23,24)21-10-8-20(9-11-21)16(22)12-4-6-19-7-5-12/h1-7H,8-11H2. The Morgan fingerprint density at radius 3 is 2.08 bits per heavy atom. The van der Waals surface area contributed by atoms with Crippen LogP contribution in [0.25, 0.3) is 0 Å². The normalized spacial score (nSPS) is 16.0. The number of nitrogens with zero attached hydrogens (tertiary/aromatic N) is 3. The zero-order valence-corrected chi connectivity index (χ0v) is 15.4. The summed E-state index contributed by atoms with van der Waals surface area (Å²) < 4.78 is 26.9. The molecule has 1 aromatic carbocycles. The number of hydrogen-bond donors (Lipinski definition) is 0. The molecule has 1 aromatic heterocycles. The second-order valence-electron chi connectivity index (χ2n) is 5.48. The Morgan fingerprint density at radius 1 is 0.960 bits per heavy atom. The molecule has 0 atom stereocenters. The van der Waals surface area contributed by atoms with Crippen molar-refractivity contribution in [2.24, 2.45) is 0 Å². The largest absolute Gasteiger partial charge is 0.336 e. The summed E-state index contributed by atoms with van der Waals surface area (Å²) in [5.74, 6) is -0.143. The van der Waals surface area contributed by atoms with Gasteiger partial charge in [0.15, 0.2) is 0 Å². The summed E-state index contributed by atoms with van der Waals surface area (Å²) in [5, 5.41) is 0.172. The summed E-state index contributed by atoms with van der Waals surface area (Å²) in [4.78, 5) is 17.8. The van der Waals surface area contributed by atoms with Crippen LogP contribution in [0.15, 0.2) is 47.6 Å². The van der Waals surface area contributed by atoms with Gasteiger partial charge in [-0.1, -0.05) is 29.3 Å². The third kappa shape index (κ3) is 3.64. The first-order valence-corrected chi connectivity index (χ1v) is 9.74. The summed E-state index contributed by atoms with van der Waals surface area (Å²) in [6.07, 6.45) is 3.10. The van der Waals surface area contributed by atoms with E-state index in [2.05, 4.69) is 4.98 Å². The molecule has 9 heteroatoms. The predicted molar refractivity (Wildman–Crippen MR) is 95.4 cm³/mol. The third-order valence-electron chi connectivity index (χ3n) is 3.97. The number of amides is 1. The molecular formula is C16H15Cl2N3O3S. The van der Waals surface area contributed by atoms with Crippen LogP contribution >= 0.6 is 23.2 Å². The molecule has 0 spiro atoms. The zero-order chi connectivity index (χ0) is 18.0. The SMILES string of the molecule is O=C(c1ccncc1)N1CCN(S(=O)(=O)c2c(Cl)cccc2Cl)CC1. The maximum absolute atomic E-state index is 12.8. The summed E-state index contributed by atoms with van der Waals surface area (Å²) in [5.41, 5.74) is 0.528. The molecule has 6 nitrogen and oxygen atoms in total. The van der Waals surface area contributed by atoms with E-state index < -0.39 is 10.0 Å². The highest BCUT2D eigenvalue weighted by Gasteiger charge is 2.33. The Kier molecular flexibility index (Phi) is 5.29. The Morgan fingerprint density at radius 2 is 1.52 bits per heavy atom. The van der Waals surface area contributed by atoms with Crippen LogP contribution in [0.1, 0.15) is 10.4 Å². The number of carbonyl (C=O) groups is 1. The van der Waals surface area contributed by atoms with Gasteiger partial charge in [0.05, 0.1) is 10.0 Å². The van der Waals surface area contributed by atoms with Gasteiger partial charge in [0.2, 0.25) is 10.0 Å². The number of sulfonamides is 1. The number of rotatable bonds is 3. The smallest absolute Gasteiger partial charge is 0.254 e. The minimum atomic E-state index is -3.82. The van der Waals surface area contributed by atoms with Crippen molar-refractivity contribution >= 4 is 39.1 Å². The number of carbonyl (C=O) groups excluding carboxylic acids is 1. The average molecular weight is 400 g/mol. The molecule has 1 aliphatic heterocycles. The van der Waals surface area contributed by atoms with E-state index in [4.69, 9.17) is 23.2 Å². The van der Waals surface area contributed by atoms with Crippen molar-refractivity contribution in [3.05, 3.63) is 58.3 Å².